The molecule has 0 bridgehead atoms. The second kappa shape index (κ2) is 7.46. The van der Waals surface area contributed by atoms with Gasteiger partial charge >= 0.3 is 0 Å². The Kier molecular flexibility index (Phi) is 4.87. The van der Waals surface area contributed by atoms with Crippen LogP contribution in [0.25, 0.3) is 11.4 Å². The molecule has 27 heavy (non-hydrogen) atoms. The molecule has 136 valence electrons. The van der Waals surface area contributed by atoms with Gasteiger partial charge < -0.3 is 10.2 Å². The standard InChI is InChI=1S/C19H15ClN4O2S/c20-13-4-3-5-14(9-13)24-10-12(8-17(24)25)18(26)23-19-22-16(11-27-19)15-6-1-2-7-21-15/h1-7,9,11-12H,8,10H2,(H,22,23,26)/t12-/m0/s1. The van der Waals surface area contributed by atoms with Gasteiger partial charge in [0.2, 0.25) is 11.8 Å². The van der Waals surface area contributed by atoms with Crippen LogP contribution in [0.2, 0.25) is 5.02 Å². The quantitative estimate of drug-likeness (QED) is 0.724. The Morgan fingerprint density at radius 1 is 1.22 bits per heavy atom. The highest BCUT2D eigenvalue weighted by atomic mass is 35.5. The van der Waals surface area contributed by atoms with Crippen LogP contribution in [-0.4, -0.2) is 28.3 Å². The molecule has 1 aliphatic heterocycles. The van der Waals surface area contributed by atoms with Crippen molar-refractivity contribution in [3.8, 4) is 11.4 Å². The van der Waals surface area contributed by atoms with E-state index in [1.54, 1.807) is 29.3 Å². The maximum absolute atomic E-state index is 12.6. The van der Waals surface area contributed by atoms with E-state index in [0.717, 1.165) is 5.69 Å². The normalized spacial score (nSPS) is 16.6. The number of anilines is 2. The number of carbonyl (C=O) groups is 2. The number of nitrogens with zero attached hydrogens (tertiary/aromatic N) is 3. The SMILES string of the molecule is O=C(Nc1nc(-c2ccccn2)cs1)[C@H]1CC(=O)N(c2cccc(Cl)c2)C1. The topological polar surface area (TPSA) is 75.2 Å². The molecule has 1 aromatic carbocycles. The number of halogens is 1. The summed E-state index contributed by atoms with van der Waals surface area (Å²) in [5, 5.41) is 5.71. The fourth-order valence-corrected chi connectivity index (χ4v) is 3.84. The predicted octanol–water partition coefficient (Wildman–Crippen LogP) is 3.85. The number of thiazole rings is 1. The Morgan fingerprint density at radius 3 is 2.89 bits per heavy atom. The lowest BCUT2D eigenvalue weighted by Crippen LogP contribution is -2.28. The van der Waals surface area contributed by atoms with Gasteiger partial charge in [-0.3, -0.25) is 14.6 Å². The predicted molar refractivity (Wildman–Crippen MR) is 106 cm³/mol. The summed E-state index contributed by atoms with van der Waals surface area (Å²) in [6, 6.07) is 12.6. The first-order valence-corrected chi connectivity index (χ1v) is 9.59. The number of pyridine rings is 1. The monoisotopic (exact) mass is 398 g/mol. The van der Waals surface area contributed by atoms with Crippen LogP contribution in [0.3, 0.4) is 0 Å². The van der Waals surface area contributed by atoms with Gasteiger partial charge in [-0.15, -0.1) is 11.3 Å². The highest BCUT2D eigenvalue weighted by Crippen LogP contribution is 2.29. The third kappa shape index (κ3) is 3.84. The van der Waals surface area contributed by atoms with E-state index < -0.39 is 5.92 Å². The molecule has 0 saturated carbocycles. The molecule has 1 fully saturated rings. The molecule has 1 saturated heterocycles. The molecule has 3 aromatic rings. The minimum atomic E-state index is -0.432. The van der Waals surface area contributed by atoms with Gasteiger partial charge in [0.05, 0.1) is 11.6 Å². The first-order valence-electron chi connectivity index (χ1n) is 8.34. The first-order chi connectivity index (χ1) is 13.1. The van der Waals surface area contributed by atoms with Gasteiger partial charge in [-0.05, 0) is 30.3 Å². The van der Waals surface area contributed by atoms with Gasteiger partial charge in [-0.25, -0.2) is 4.98 Å². The molecule has 1 N–H and O–H groups in total. The zero-order valence-corrected chi connectivity index (χ0v) is 15.7. The number of rotatable bonds is 4. The van der Waals surface area contributed by atoms with E-state index in [1.165, 1.54) is 11.3 Å². The van der Waals surface area contributed by atoms with Crippen LogP contribution in [0.1, 0.15) is 6.42 Å². The molecule has 3 heterocycles. The largest absolute Gasteiger partial charge is 0.312 e. The van der Waals surface area contributed by atoms with Crippen molar-refractivity contribution in [2.45, 2.75) is 6.42 Å². The van der Waals surface area contributed by atoms with E-state index in [-0.39, 0.29) is 18.2 Å². The van der Waals surface area contributed by atoms with E-state index in [4.69, 9.17) is 11.6 Å². The summed E-state index contributed by atoms with van der Waals surface area (Å²) in [5.74, 6) is -0.737. The molecule has 0 radical (unpaired) electrons. The van der Waals surface area contributed by atoms with Gasteiger partial charge in [0.15, 0.2) is 5.13 Å². The zero-order valence-electron chi connectivity index (χ0n) is 14.1. The maximum atomic E-state index is 12.6. The van der Waals surface area contributed by atoms with Crippen LogP contribution in [0, 0.1) is 5.92 Å². The van der Waals surface area contributed by atoms with Gasteiger partial charge in [0, 0.05) is 35.3 Å². The lowest BCUT2D eigenvalue weighted by atomic mass is 10.1. The van der Waals surface area contributed by atoms with Crippen LogP contribution < -0.4 is 10.2 Å². The maximum Gasteiger partial charge on any atom is 0.231 e. The molecule has 0 aliphatic carbocycles. The summed E-state index contributed by atoms with van der Waals surface area (Å²) >= 11 is 7.33. The number of amides is 2. The number of aromatic nitrogens is 2. The minimum absolute atomic E-state index is 0.0919. The highest BCUT2D eigenvalue weighted by molar-refractivity contribution is 7.14. The number of nitrogens with one attached hydrogen (secondary N) is 1. The summed E-state index contributed by atoms with van der Waals surface area (Å²) in [6.45, 7) is 0.323. The molecule has 2 amide bonds. The lowest BCUT2D eigenvalue weighted by molar-refractivity contribution is -0.122. The summed E-state index contributed by atoms with van der Waals surface area (Å²) < 4.78 is 0. The van der Waals surface area contributed by atoms with E-state index in [2.05, 4.69) is 15.3 Å². The Balaban J connectivity index is 1.44. The van der Waals surface area contributed by atoms with Crippen LogP contribution >= 0.6 is 22.9 Å². The Bertz CT molecular complexity index is 992. The fourth-order valence-electron chi connectivity index (χ4n) is 2.95. The summed E-state index contributed by atoms with van der Waals surface area (Å²) in [5.41, 5.74) is 2.16. The Labute approximate surface area is 164 Å². The van der Waals surface area contributed by atoms with Gasteiger partial charge in [-0.1, -0.05) is 23.7 Å². The van der Waals surface area contributed by atoms with Crippen molar-refractivity contribution in [2.24, 2.45) is 5.92 Å². The van der Waals surface area contributed by atoms with E-state index in [1.807, 2.05) is 29.6 Å². The molecule has 6 nitrogen and oxygen atoms in total. The Morgan fingerprint density at radius 2 is 2.11 bits per heavy atom. The van der Waals surface area contributed by atoms with Crippen LogP contribution in [0.15, 0.2) is 54.0 Å². The summed E-state index contributed by atoms with van der Waals surface area (Å²) in [4.78, 5) is 35.2. The lowest BCUT2D eigenvalue weighted by Gasteiger charge is -2.16. The third-order valence-corrected chi connectivity index (χ3v) is 5.27. The third-order valence-electron chi connectivity index (χ3n) is 4.28. The van der Waals surface area contributed by atoms with Crippen LogP contribution in [-0.2, 0) is 9.59 Å². The molecule has 0 unspecified atom stereocenters. The van der Waals surface area contributed by atoms with Crippen molar-refractivity contribution in [3.05, 3.63) is 59.1 Å². The smallest absolute Gasteiger partial charge is 0.231 e. The molecular formula is C19H15ClN4O2S. The first kappa shape index (κ1) is 17.6. The van der Waals surface area contributed by atoms with Gasteiger partial charge in [0.25, 0.3) is 0 Å². The fraction of sp³-hybridized carbons (Fsp3) is 0.158. The van der Waals surface area contributed by atoms with Crippen LogP contribution in [0.5, 0.6) is 0 Å². The molecule has 1 atom stereocenters. The van der Waals surface area contributed by atoms with E-state index in [9.17, 15) is 9.59 Å². The van der Waals surface area contributed by atoms with Gasteiger partial charge in [0.1, 0.15) is 5.69 Å². The molecule has 2 aromatic heterocycles. The molecule has 8 heteroatoms. The average molecular weight is 399 g/mol. The van der Waals surface area contributed by atoms with Crippen molar-refractivity contribution in [2.75, 3.05) is 16.8 Å². The van der Waals surface area contributed by atoms with Gasteiger partial charge in [-0.2, -0.15) is 0 Å². The zero-order chi connectivity index (χ0) is 18.8. The van der Waals surface area contributed by atoms with Crippen molar-refractivity contribution in [1.29, 1.82) is 0 Å². The number of carbonyl (C=O) groups excluding carboxylic acids is 2. The number of benzene rings is 1. The number of hydrogen-bond acceptors (Lipinski definition) is 5. The molecule has 1 aliphatic rings. The second-order valence-electron chi connectivity index (χ2n) is 6.13. The van der Waals surface area contributed by atoms with Crippen molar-refractivity contribution in [3.63, 3.8) is 0 Å². The molecule has 4 rings (SSSR count). The van der Waals surface area contributed by atoms with Crippen molar-refractivity contribution >= 4 is 45.6 Å². The Hall–Kier alpha value is -2.77. The number of hydrogen-bond donors (Lipinski definition) is 1. The second-order valence-corrected chi connectivity index (χ2v) is 7.42. The molecular weight excluding hydrogens is 384 g/mol. The van der Waals surface area contributed by atoms with Crippen molar-refractivity contribution in [1.82, 2.24) is 9.97 Å². The van der Waals surface area contributed by atoms with E-state index >= 15 is 0 Å². The molecule has 0 spiro atoms. The van der Waals surface area contributed by atoms with Crippen molar-refractivity contribution < 1.29 is 9.59 Å². The van der Waals surface area contributed by atoms with E-state index in [0.29, 0.717) is 28.1 Å². The average Bonchev–Trinajstić information content (AvgIpc) is 3.29. The van der Waals surface area contributed by atoms with Crippen LogP contribution in [0.4, 0.5) is 10.8 Å². The highest BCUT2D eigenvalue weighted by Gasteiger charge is 2.35. The summed E-state index contributed by atoms with van der Waals surface area (Å²) in [6.07, 6.45) is 1.86. The summed E-state index contributed by atoms with van der Waals surface area (Å²) in [7, 11) is 0. The minimum Gasteiger partial charge on any atom is -0.312 e.